The molecular weight excluding hydrogens is 500 g/mol. The lowest BCUT2D eigenvalue weighted by atomic mass is 9.88. The first kappa shape index (κ1) is 22.3. The van der Waals surface area contributed by atoms with E-state index in [9.17, 15) is 0 Å². The van der Waals surface area contributed by atoms with Gasteiger partial charge in [-0.15, -0.1) is 0 Å². The first-order valence-corrected chi connectivity index (χ1v) is 13.8. The van der Waals surface area contributed by atoms with Gasteiger partial charge in [-0.3, -0.25) is 4.98 Å². The third-order valence-corrected chi connectivity index (χ3v) is 8.31. The molecule has 1 aliphatic rings. The topological polar surface area (TPSA) is 38.9 Å². The SMILES string of the molecule is c1ccc(-c2c3ccc(-c4ccc(-c5nc6ccccc6o5)cc4)cc3c3c4c(cccc24)-c2ccccc2-3)nc1. The summed E-state index contributed by atoms with van der Waals surface area (Å²) >= 11 is 0. The number of aromatic nitrogens is 2. The van der Waals surface area contributed by atoms with Gasteiger partial charge >= 0.3 is 0 Å². The smallest absolute Gasteiger partial charge is 0.227 e. The second-order valence-corrected chi connectivity index (χ2v) is 10.6. The van der Waals surface area contributed by atoms with Crippen molar-refractivity contribution in [1.82, 2.24) is 9.97 Å². The zero-order chi connectivity index (χ0) is 26.9. The van der Waals surface area contributed by atoms with Crippen LogP contribution in [0.25, 0.3) is 88.7 Å². The third kappa shape index (κ3) is 3.26. The molecule has 0 fully saturated rings. The maximum Gasteiger partial charge on any atom is 0.227 e. The summed E-state index contributed by atoms with van der Waals surface area (Å²) in [6, 6.07) is 44.8. The van der Waals surface area contributed by atoms with Gasteiger partial charge in [0.2, 0.25) is 5.89 Å². The summed E-state index contributed by atoms with van der Waals surface area (Å²) in [5.74, 6) is 0.639. The highest BCUT2D eigenvalue weighted by Gasteiger charge is 2.26. The number of hydrogen-bond acceptors (Lipinski definition) is 3. The molecule has 0 unspecified atom stereocenters. The molecule has 8 aromatic rings. The van der Waals surface area contributed by atoms with Crippen LogP contribution in [-0.2, 0) is 0 Å². The van der Waals surface area contributed by atoms with E-state index in [0.717, 1.165) is 27.9 Å². The molecule has 0 atom stereocenters. The second-order valence-electron chi connectivity index (χ2n) is 10.6. The molecule has 0 amide bonds. The van der Waals surface area contributed by atoms with Gasteiger partial charge in [-0.25, -0.2) is 4.98 Å². The van der Waals surface area contributed by atoms with Crippen LogP contribution in [-0.4, -0.2) is 9.97 Å². The largest absolute Gasteiger partial charge is 0.436 e. The minimum absolute atomic E-state index is 0.639. The number of hydrogen-bond donors (Lipinski definition) is 0. The van der Waals surface area contributed by atoms with Crippen LogP contribution >= 0.6 is 0 Å². The summed E-state index contributed by atoms with van der Waals surface area (Å²) in [7, 11) is 0. The van der Waals surface area contributed by atoms with E-state index in [2.05, 4.69) is 102 Å². The van der Waals surface area contributed by atoms with Gasteiger partial charge in [0.15, 0.2) is 5.58 Å². The first-order chi connectivity index (χ1) is 20.3. The van der Waals surface area contributed by atoms with Gasteiger partial charge in [-0.1, -0.05) is 84.9 Å². The normalized spacial score (nSPS) is 11.9. The van der Waals surface area contributed by atoms with Gasteiger partial charge < -0.3 is 4.42 Å². The summed E-state index contributed by atoms with van der Waals surface area (Å²) < 4.78 is 6.01. The lowest BCUT2D eigenvalue weighted by Gasteiger charge is -2.16. The summed E-state index contributed by atoms with van der Waals surface area (Å²) in [6.07, 6.45) is 1.88. The highest BCUT2D eigenvalue weighted by molar-refractivity contribution is 6.29. The van der Waals surface area contributed by atoms with E-state index in [0.29, 0.717) is 5.89 Å². The molecule has 0 saturated heterocycles. The maximum atomic E-state index is 6.01. The van der Waals surface area contributed by atoms with E-state index >= 15 is 0 Å². The van der Waals surface area contributed by atoms with E-state index in [4.69, 9.17) is 9.40 Å². The molecule has 190 valence electrons. The molecule has 0 saturated carbocycles. The Morgan fingerprint density at radius 2 is 1.24 bits per heavy atom. The Bertz CT molecular complexity index is 2260. The van der Waals surface area contributed by atoms with Crippen LogP contribution in [0, 0.1) is 0 Å². The van der Waals surface area contributed by atoms with Gasteiger partial charge in [0, 0.05) is 17.3 Å². The minimum Gasteiger partial charge on any atom is -0.436 e. The highest BCUT2D eigenvalue weighted by Crippen LogP contribution is 2.53. The standard InChI is InChI=1S/C38H22N2O/c1-2-9-27-26(8-1)28-10-7-11-30-35(33-13-5-6-21-39-33)29-20-19-25(22-31(29)37(27)36(28)30)23-15-17-24(18-16-23)38-40-32-12-3-4-14-34(32)41-38/h1-22H. The fraction of sp³-hybridized carbons (Fsp3) is 0. The van der Waals surface area contributed by atoms with Crippen LogP contribution in [0.5, 0.6) is 0 Å². The van der Waals surface area contributed by atoms with Gasteiger partial charge in [0.1, 0.15) is 5.52 Å². The van der Waals surface area contributed by atoms with Crippen LogP contribution < -0.4 is 0 Å². The zero-order valence-electron chi connectivity index (χ0n) is 22.0. The van der Waals surface area contributed by atoms with Gasteiger partial charge in [0.25, 0.3) is 0 Å². The Kier molecular flexibility index (Phi) is 4.61. The molecule has 2 aromatic heterocycles. The Labute approximate surface area is 236 Å². The Balaban J connectivity index is 1.27. The van der Waals surface area contributed by atoms with Crippen LogP contribution in [0.15, 0.2) is 138 Å². The fourth-order valence-electron chi connectivity index (χ4n) is 6.49. The predicted molar refractivity (Wildman–Crippen MR) is 168 cm³/mol. The van der Waals surface area contributed by atoms with Crippen molar-refractivity contribution in [3.8, 4) is 56.1 Å². The van der Waals surface area contributed by atoms with Gasteiger partial charge in [-0.05, 0) is 97.4 Å². The van der Waals surface area contributed by atoms with E-state index in [1.807, 2.05) is 36.5 Å². The summed E-state index contributed by atoms with van der Waals surface area (Å²) in [6.45, 7) is 0. The Morgan fingerprint density at radius 1 is 0.488 bits per heavy atom. The number of para-hydroxylation sites is 2. The minimum atomic E-state index is 0.639. The van der Waals surface area contributed by atoms with Crippen LogP contribution in [0.4, 0.5) is 0 Å². The number of oxazole rings is 1. The fourth-order valence-corrected chi connectivity index (χ4v) is 6.49. The van der Waals surface area contributed by atoms with E-state index in [1.165, 1.54) is 54.9 Å². The predicted octanol–water partition coefficient (Wildman–Crippen LogP) is 10.2. The van der Waals surface area contributed by atoms with Gasteiger partial charge in [0.05, 0.1) is 5.69 Å². The quantitative estimate of drug-likeness (QED) is 0.217. The zero-order valence-corrected chi connectivity index (χ0v) is 22.0. The molecule has 9 rings (SSSR count). The molecule has 41 heavy (non-hydrogen) atoms. The lowest BCUT2D eigenvalue weighted by molar-refractivity contribution is 0.620. The average molecular weight is 523 g/mol. The van der Waals surface area contributed by atoms with Crippen molar-refractivity contribution in [2.75, 3.05) is 0 Å². The highest BCUT2D eigenvalue weighted by atomic mass is 16.3. The third-order valence-electron chi connectivity index (χ3n) is 8.31. The van der Waals surface area contributed by atoms with E-state index < -0.39 is 0 Å². The van der Waals surface area contributed by atoms with Crippen molar-refractivity contribution in [1.29, 1.82) is 0 Å². The Morgan fingerprint density at radius 3 is 2.10 bits per heavy atom. The molecule has 0 radical (unpaired) electrons. The van der Waals surface area contributed by atoms with Crippen LogP contribution in [0.3, 0.4) is 0 Å². The molecule has 0 bridgehead atoms. The molecule has 0 spiro atoms. The van der Waals surface area contributed by atoms with Crippen molar-refractivity contribution in [3.63, 3.8) is 0 Å². The van der Waals surface area contributed by atoms with E-state index in [1.54, 1.807) is 0 Å². The van der Waals surface area contributed by atoms with E-state index in [-0.39, 0.29) is 0 Å². The summed E-state index contributed by atoms with van der Waals surface area (Å²) in [5.41, 5.74) is 12.3. The number of pyridine rings is 1. The second kappa shape index (κ2) is 8.48. The monoisotopic (exact) mass is 522 g/mol. The van der Waals surface area contributed by atoms with Crippen molar-refractivity contribution < 1.29 is 4.42 Å². The van der Waals surface area contributed by atoms with Crippen LogP contribution in [0.2, 0.25) is 0 Å². The summed E-state index contributed by atoms with van der Waals surface area (Å²) in [5, 5.41) is 5.02. The molecule has 1 aliphatic carbocycles. The van der Waals surface area contributed by atoms with Crippen molar-refractivity contribution in [2.24, 2.45) is 0 Å². The number of nitrogens with zero attached hydrogens (tertiary/aromatic N) is 2. The molecule has 2 heterocycles. The van der Waals surface area contributed by atoms with Crippen molar-refractivity contribution >= 4 is 32.6 Å². The first-order valence-electron chi connectivity index (χ1n) is 13.8. The molecule has 3 nitrogen and oxygen atoms in total. The van der Waals surface area contributed by atoms with Crippen molar-refractivity contribution in [2.45, 2.75) is 0 Å². The lowest BCUT2D eigenvalue weighted by Crippen LogP contribution is -1.91. The average Bonchev–Trinajstić information content (AvgIpc) is 3.63. The Hall–Kier alpha value is -5.54. The van der Waals surface area contributed by atoms with Crippen LogP contribution in [0.1, 0.15) is 0 Å². The summed E-state index contributed by atoms with van der Waals surface area (Å²) in [4.78, 5) is 9.47. The number of rotatable bonds is 3. The molecule has 0 aliphatic heterocycles. The molecule has 6 aromatic carbocycles. The molecular formula is C38H22N2O. The van der Waals surface area contributed by atoms with Crippen molar-refractivity contribution in [3.05, 3.63) is 134 Å². The maximum absolute atomic E-state index is 6.01. The molecule has 0 N–H and O–H groups in total. The number of fused-ring (bicyclic) bond motifs is 6. The van der Waals surface area contributed by atoms with Gasteiger partial charge in [-0.2, -0.15) is 0 Å². The molecule has 3 heteroatoms. The number of benzene rings is 6.